The van der Waals surface area contributed by atoms with Gasteiger partial charge in [0.1, 0.15) is 0 Å². The van der Waals surface area contributed by atoms with Crippen LogP contribution in [0.1, 0.15) is 18.1 Å². The number of nitrogens with one attached hydrogen (secondary N) is 1. The van der Waals surface area contributed by atoms with Gasteiger partial charge in [-0.2, -0.15) is 0 Å². The highest BCUT2D eigenvalue weighted by Gasteiger charge is 2.48. The molecule has 0 radical (unpaired) electrons. The van der Waals surface area contributed by atoms with Crippen molar-refractivity contribution in [2.24, 2.45) is 11.8 Å². The van der Waals surface area contributed by atoms with Crippen molar-refractivity contribution < 1.29 is 19.8 Å². The molecular formula is C13H15NO4. The van der Waals surface area contributed by atoms with Crippen LogP contribution in [0.25, 0.3) is 0 Å². The van der Waals surface area contributed by atoms with Crippen molar-refractivity contribution in [1.82, 2.24) is 5.32 Å². The lowest BCUT2D eigenvalue weighted by Gasteiger charge is -2.11. The molecule has 96 valence electrons. The molecule has 3 N–H and O–H groups in total. The maximum Gasteiger partial charge on any atom is 0.307 e. The average molecular weight is 249 g/mol. The van der Waals surface area contributed by atoms with E-state index in [1.165, 1.54) is 0 Å². The number of hydrogen-bond donors (Lipinski definition) is 3. The molecule has 3 atom stereocenters. The maximum absolute atomic E-state index is 11.6. The molecule has 0 aliphatic heterocycles. The van der Waals surface area contributed by atoms with Crippen LogP contribution in [0, 0.1) is 11.8 Å². The van der Waals surface area contributed by atoms with Crippen molar-refractivity contribution in [3.63, 3.8) is 0 Å². The lowest BCUT2D eigenvalue weighted by molar-refractivity contribution is -0.140. The van der Waals surface area contributed by atoms with Crippen molar-refractivity contribution in [2.45, 2.75) is 12.5 Å². The third-order valence-corrected chi connectivity index (χ3v) is 3.10. The summed E-state index contributed by atoms with van der Waals surface area (Å²) in [5.74, 6) is -2.22. The zero-order valence-corrected chi connectivity index (χ0v) is 9.74. The van der Waals surface area contributed by atoms with Crippen molar-refractivity contribution >= 4 is 11.9 Å². The molecule has 1 saturated carbocycles. The molecule has 1 unspecified atom stereocenters. The fourth-order valence-electron chi connectivity index (χ4n) is 1.88. The number of carbonyl (C=O) groups is 2. The summed E-state index contributed by atoms with van der Waals surface area (Å²) < 4.78 is 0. The van der Waals surface area contributed by atoms with E-state index in [-0.39, 0.29) is 12.5 Å². The Morgan fingerprint density at radius 1 is 1.28 bits per heavy atom. The van der Waals surface area contributed by atoms with Crippen LogP contribution in [-0.2, 0) is 9.59 Å². The highest BCUT2D eigenvalue weighted by molar-refractivity contribution is 5.89. The number of aliphatic hydroxyl groups is 1. The monoisotopic (exact) mass is 249 g/mol. The largest absolute Gasteiger partial charge is 0.481 e. The Morgan fingerprint density at radius 3 is 2.50 bits per heavy atom. The van der Waals surface area contributed by atoms with Crippen LogP contribution in [0.5, 0.6) is 0 Å². The topological polar surface area (TPSA) is 86.6 Å². The molecule has 1 amide bonds. The molecule has 5 heteroatoms. The van der Waals surface area contributed by atoms with Crippen LogP contribution >= 0.6 is 0 Å². The van der Waals surface area contributed by atoms with Gasteiger partial charge in [-0.1, -0.05) is 30.3 Å². The van der Waals surface area contributed by atoms with E-state index in [0.717, 1.165) is 5.56 Å². The summed E-state index contributed by atoms with van der Waals surface area (Å²) in [4.78, 5) is 22.2. The number of hydrogen-bond acceptors (Lipinski definition) is 3. The SMILES string of the molecule is O=C(O)[C@H]1C[C@H]1C(=O)NCC(O)c1ccccc1. The van der Waals surface area contributed by atoms with Gasteiger partial charge in [0.25, 0.3) is 0 Å². The van der Waals surface area contributed by atoms with Gasteiger partial charge < -0.3 is 15.5 Å². The van der Waals surface area contributed by atoms with E-state index >= 15 is 0 Å². The third kappa shape index (κ3) is 2.87. The zero-order valence-electron chi connectivity index (χ0n) is 9.74. The molecule has 2 rings (SSSR count). The van der Waals surface area contributed by atoms with Gasteiger partial charge in [-0.05, 0) is 12.0 Å². The molecule has 0 bridgehead atoms. The Kier molecular flexibility index (Phi) is 3.62. The molecular weight excluding hydrogens is 234 g/mol. The number of carboxylic acids is 1. The standard InChI is InChI=1S/C13H15NO4/c15-11(8-4-2-1-3-5-8)7-14-12(16)9-6-10(9)13(17)18/h1-5,9-11,15H,6-7H2,(H,14,16)(H,17,18)/t9-,10+,11?/m1/s1. The molecule has 1 aromatic carbocycles. The van der Waals surface area contributed by atoms with Gasteiger partial charge in [0.05, 0.1) is 17.9 Å². The van der Waals surface area contributed by atoms with Gasteiger partial charge in [0.2, 0.25) is 5.91 Å². The third-order valence-electron chi connectivity index (χ3n) is 3.10. The van der Waals surface area contributed by atoms with Crippen molar-refractivity contribution in [2.75, 3.05) is 6.54 Å². The maximum atomic E-state index is 11.6. The summed E-state index contributed by atoms with van der Waals surface area (Å²) in [7, 11) is 0. The lowest BCUT2D eigenvalue weighted by Crippen LogP contribution is -2.30. The minimum atomic E-state index is -0.932. The summed E-state index contributed by atoms with van der Waals surface area (Å²) in [6, 6.07) is 9.00. The van der Waals surface area contributed by atoms with Crippen LogP contribution in [-0.4, -0.2) is 28.6 Å². The quantitative estimate of drug-likeness (QED) is 0.711. The Labute approximate surface area is 104 Å². The van der Waals surface area contributed by atoms with E-state index in [1.54, 1.807) is 12.1 Å². The molecule has 0 spiro atoms. The average Bonchev–Trinajstić information content (AvgIpc) is 3.17. The number of aliphatic hydroxyl groups excluding tert-OH is 1. The summed E-state index contributed by atoms with van der Waals surface area (Å²) in [6.07, 6.45) is -0.375. The Hall–Kier alpha value is -1.88. The van der Waals surface area contributed by atoms with Crippen molar-refractivity contribution in [3.8, 4) is 0 Å². The molecule has 18 heavy (non-hydrogen) atoms. The van der Waals surface area contributed by atoms with E-state index in [9.17, 15) is 14.7 Å². The van der Waals surface area contributed by atoms with Crippen LogP contribution in [0.15, 0.2) is 30.3 Å². The smallest absolute Gasteiger partial charge is 0.307 e. The Morgan fingerprint density at radius 2 is 1.94 bits per heavy atom. The number of rotatable bonds is 5. The van der Waals surface area contributed by atoms with Gasteiger partial charge in [0, 0.05) is 6.54 Å². The molecule has 1 aromatic rings. The van der Waals surface area contributed by atoms with Gasteiger partial charge in [-0.15, -0.1) is 0 Å². The minimum Gasteiger partial charge on any atom is -0.481 e. The molecule has 1 aliphatic rings. The van der Waals surface area contributed by atoms with E-state index < -0.39 is 23.9 Å². The first-order valence-electron chi connectivity index (χ1n) is 5.83. The van der Waals surface area contributed by atoms with Crippen LogP contribution in [0.3, 0.4) is 0 Å². The molecule has 0 saturated heterocycles. The summed E-state index contributed by atoms with van der Waals surface area (Å²) in [5.41, 5.74) is 0.725. The molecule has 0 aromatic heterocycles. The number of carboxylic acid groups (broad SMARTS) is 1. The first-order chi connectivity index (χ1) is 8.59. The second-order valence-electron chi connectivity index (χ2n) is 4.46. The number of aliphatic carboxylic acids is 1. The van der Waals surface area contributed by atoms with Gasteiger partial charge >= 0.3 is 5.97 Å². The van der Waals surface area contributed by atoms with Gasteiger partial charge in [-0.25, -0.2) is 0 Å². The molecule has 5 nitrogen and oxygen atoms in total. The second-order valence-corrected chi connectivity index (χ2v) is 4.46. The van der Waals surface area contributed by atoms with E-state index in [2.05, 4.69) is 5.32 Å². The second kappa shape index (κ2) is 5.18. The van der Waals surface area contributed by atoms with Crippen LogP contribution in [0.4, 0.5) is 0 Å². The highest BCUT2D eigenvalue weighted by atomic mass is 16.4. The number of benzene rings is 1. The molecule has 1 aliphatic carbocycles. The summed E-state index contributed by atoms with van der Waals surface area (Å²) in [5, 5.41) is 21.1. The van der Waals surface area contributed by atoms with Crippen molar-refractivity contribution in [1.29, 1.82) is 0 Å². The summed E-state index contributed by atoms with van der Waals surface area (Å²) in [6.45, 7) is 0.103. The summed E-state index contributed by atoms with van der Waals surface area (Å²) >= 11 is 0. The van der Waals surface area contributed by atoms with Gasteiger partial charge in [0.15, 0.2) is 0 Å². The van der Waals surface area contributed by atoms with Crippen LogP contribution < -0.4 is 5.32 Å². The normalized spacial score (nSPS) is 23.2. The Bertz CT molecular complexity index is 446. The fourth-order valence-corrected chi connectivity index (χ4v) is 1.88. The molecule has 0 heterocycles. The van der Waals surface area contributed by atoms with Crippen LogP contribution in [0.2, 0.25) is 0 Å². The lowest BCUT2D eigenvalue weighted by atomic mass is 10.1. The molecule has 1 fully saturated rings. The fraction of sp³-hybridized carbons (Fsp3) is 0.385. The number of amides is 1. The zero-order chi connectivity index (χ0) is 13.1. The first-order valence-corrected chi connectivity index (χ1v) is 5.83. The minimum absolute atomic E-state index is 0.103. The van der Waals surface area contributed by atoms with E-state index in [0.29, 0.717) is 6.42 Å². The first kappa shape index (κ1) is 12.6. The number of carbonyl (C=O) groups excluding carboxylic acids is 1. The Balaban J connectivity index is 1.79. The van der Waals surface area contributed by atoms with E-state index in [1.807, 2.05) is 18.2 Å². The van der Waals surface area contributed by atoms with E-state index in [4.69, 9.17) is 5.11 Å². The van der Waals surface area contributed by atoms with Gasteiger partial charge in [-0.3, -0.25) is 9.59 Å². The predicted octanol–water partition coefficient (Wildman–Crippen LogP) is 0.557. The predicted molar refractivity (Wildman–Crippen MR) is 63.6 cm³/mol. The highest BCUT2D eigenvalue weighted by Crippen LogP contribution is 2.38. The van der Waals surface area contributed by atoms with Crippen molar-refractivity contribution in [3.05, 3.63) is 35.9 Å².